The van der Waals surface area contributed by atoms with Gasteiger partial charge < -0.3 is 9.47 Å². The Labute approximate surface area is 205 Å². The Hall–Kier alpha value is -3.32. The van der Waals surface area contributed by atoms with E-state index in [4.69, 9.17) is 0 Å². The van der Waals surface area contributed by atoms with E-state index in [0.29, 0.717) is 18.0 Å². The van der Waals surface area contributed by atoms with Gasteiger partial charge in [-0.2, -0.15) is 0 Å². The van der Waals surface area contributed by atoms with E-state index in [9.17, 15) is 30.8 Å². The van der Waals surface area contributed by atoms with Gasteiger partial charge >= 0.3 is 0 Å². The molecule has 0 spiro atoms. The fourth-order valence-corrected chi connectivity index (χ4v) is 5.25. The third-order valence-electron chi connectivity index (χ3n) is 5.93. The lowest BCUT2D eigenvalue weighted by Gasteiger charge is -2.29. The topological polar surface area (TPSA) is 97.2 Å². The van der Waals surface area contributed by atoms with E-state index >= 15 is 0 Å². The molecule has 2 heterocycles. The van der Waals surface area contributed by atoms with Gasteiger partial charge in [-0.3, -0.25) is 4.79 Å². The van der Waals surface area contributed by atoms with Crippen LogP contribution in [0.5, 0.6) is 0 Å². The zero-order chi connectivity index (χ0) is 26.0. The van der Waals surface area contributed by atoms with Gasteiger partial charge in [0.2, 0.25) is 15.9 Å². The largest absolute Gasteiger partial charge is 0.333 e. The summed E-state index contributed by atoms with van der Waals surface area (Å²) in [5, 5.41) is 7.62. The molecule has 1 N–H and O–H groups in total. The van der Waals surface area contributed by atoms with Gasteiger partial charge in [-0.05, 0) is 37.1 Å². The molecule has 1 amide bonds. The summed E-state index contributed by atoms with van der Waals surface area (Å²) in [7, 11) is -4.13. The van der Waals surface area contributed by atoms with Crippen LogP contribution in [-0.2, 0) is 41.0 Å². The Kier molecular flexibility index (Phi) is 7.41. The minimum Gasteiger partial charge on any atom is -0.333 e. The van der Waals surface area contributed by atoms with Gasteiger partial charge in [-0.1, -0.05) is 17.7 Å². The van der Waals surface area contributed by atoms with E-state index in [1.807, 2.05) is 0 Å². The number of nitrogens with one attached hydrogen (secondary N) is 1. The lowest BCUT2D eigenvalue weighted by Crippen LogP contribution is -2.44. The van der Waals surface area contributed by atoms with Gasteiger partial charge in [0.05, 0.1) is 11.4 Å². The molecule has 0 radical (unpaired) electrons. The van der Waals surface area contributed by atoms with Gasteiger partial charge in [-0.15, -0.1) is 10.2 Å². The summed E-state index contributed by atoms with van der Waals surface area (Å²) in [4.78, 5) is 14.4. The standard InChI is InChI=1S/C23H23F4N5O3S/c1-14-2-4-17(5-3-14)36(34,35)30-16(8-15-9-19(26)20(27)11-18(15)25)10-23(33)31-6-7-32-21(12-24)28-29-22(32)13-31/h2-5,9,11,16,30H,6-8,10,12-13H2,1H3/t16-/m1/s1. The fraction of sp³-hybridized carbons (Fsp3) is 0.348. The van der Waals surface area contributed by atoms with Gasteiger partial charge in [0.25, 0.3) is 0 Å². The van der Waals surface area contributed by atoms with Crippen molar-refractivity contribution in [1.29, 1.82) is 0 Å². The maximum absolute atomic E-state index is 14.4. The molecule has 192 valence electrons. The molecule has 0 fully saturated rings. The predicted octanol–water partition coefficient (Wildman–Crippen LogP) is 2.80. The average molecular weight is 526 g/mol. The number of benzene rings is 2. The second kappa shape index (κ2) is 10.3. The minimum atomic E-state index is -4.13. The minimum absolute atomic E-state index is 0.0306. The Bertz CT molecular complexity index is 1380. The summed E-state index contributed by atoms with van der Waals surface area (Å²) in [6, 6.07) is 5.80. The average Bonchev–Trinajstić information content (AvgIpc) is 3.25. The maximum atomic E-state index is 14.4. The van der Waals surface area contributed by atoms with Crippen molar-refractivity contribution in [3.05, 3.63) is 76.6 Å². The summed E-state index contributed by atoms with van der Waals surface area (Å²) in [5.74, 6) is -3.69. The van der Waals surface area contributed by atoms with Crippen LogP contribution in [-0.4, -0.2) is 46.6 Å². The Balaban J connectivity index is 1.57. The number of carbonyl (C=O) groups is 1. The summed E-state index contributed by atoms with van der Waals surface area (Å²) in [6.45, 7) is 1.47. The van der Waals surface area contributed by atoms with Crippen molar-refractivity contribution in [3.8, 4) is 0 Å². The van der Waals surface area contributed by atoms with Crippen LogP contribution >= 0.6 is 0 Å². The van der Waals surface area contributed by atoms with E-state index in [1.54, 1.807) is 23.6 Å². The molecule has 0 aliphatic carbocycles. The number of fused-ring (bicyclic) bond motifs is 1. The van der Waals surface area contributed by atoms with E-state index in [0.717, 1.165) is 5.56 Å². The van der Waals surface area contributed by atoms with Crippen molar-refractivity contribution >= 4 is 15.9 Å². The first kappa shape index (κ1) is 25.8. The second-order valence-corrected chi connectivity index (χ2v) is 10.2. The normalized spacial score (nSPS) is 14.5. The molecule has 36 heavy (non-hydrogen) atoms. The number of hydrogen-bond donors (Lipinski definition) is 1. The van der Waals surface area contributed by atoms with E-state index < -0.39 is 58.9 Å². The number of nitrogens with zero attached hydrogens (tertiary/aromatic N) is 4. The SMILES string of the molecule is Cc1ccc(S(=O)(=O)N[C@@H](CC(=O)N2CCn3c(CF)nnc3C2)Cc2cc(F)c(F)cc2F)cc1. The van der Waals surface area contributed by atoms with Crippen molar-refractivity contribution in [2.24, 2.45) is 0 Å². The molecular weight excluding hydrogens is 502 g/mol. The van der Waals surface area contributed by atoms with Crippen LogP contribution < -0.4 is 4.72 Å². The molecule has 0 unspecified atom stereocenters. The van der Waals surface area contributed by atoms with Crippen LogP contribution in [0.4, 0.5) is 17.6 Å². The number of rotatable bonds is 8. The Morgan fingerprint density at radius 3 is 2.44 bits per heavy atom. The molecule has 0 saturated heterocycles. The van der Waals surface area contributed by atoms with Crippen LogP contribution in [0.15, 0.2) is 41.3 Å². The van der Waals surface area contributed by atoms with Crippen LogP contribution in [0.25, 0.3) is 0 Å². The quantitative estimate of drug-likeness (QED) is 0.361. The third-order valence-corrected chi connectivity index (χ3v) is 7.47. The zero-order valence-corrected chi connectivity index (χ0v) is 20.0. The van der Waals surface area contributed by atoms with E-state index in [-0.39, 0.29) is 35.9 Å². The van der Waals surface area contributed by atoms with Crippen LogP contribution in [0.3, 0.4) is 0 Å². The smallest absolute Gasteiger partial charge is 0.240 e. The van der Waals surface area contributed by atoms with Crippen LogP contribution in [0, 0.1) is 24.4 Å². The van der Waals surface area contributed by atoms with E-state index in [2.05, 4.69) is 14.9 Å². The third kappa shape index (κ3) is 5.57. The summed E-state index contributed by atoms with van der Waals surface area (Å²) < 4.78 is 84.5. The number of halogens is 4. The molecule has 8 nitrogen and oxygen atoms in total. The Morgan fingerprint density at radius 1 is 1.06 bits per heavy atom. The van der Waals surface area contributed by atoms with Gasteiger partial charge in [0.1, 0.15) is 12.5 Å². The van der Waals surface area contributed by atoms with Gasteiger partial charge in [0, 0.05) is 31.6 Å². The number of amides is 1. The maximum Gasteiger partial charge on any atom is 0.240 e. The highest BCUT2D eigenvalue weighted by molar-refractivity contribution is 7.89. The molecule has 3 aromatic rings. The van der Waals surface area contributed by atoms with Crippen LogP contribution in [0.2, 0.25) is 0 Å². The molecule has 1 aliphatic rings. The van der Waals surface area contributed by atoms with E-state index in [1.165, 1.54) is 17.0 Å². The first-order valence-corrected chi connectivity index (χ1v) is 12.5. The molecule has 13 heteroatoms. The lowest BCUT2D eigenvalue weighted by molar-refractivity contribution is -0.133. The molecule has 0 bridgehead atoms. The predicted molar refractivity (Wildman–Crippen MR) is 120 cm³/mol. The summed E-state index contributed by atoms with van der Waals surface area (Å²) in [5.41, 5.74) is 0.544. The van der Waals surface area contributed by atoms with Crippen molar-refractivity contribution < 1.29 is 30.8 Å². The first-order valence-electron chi connectivity index (χ1n) is 11.0. The first-order chi connectivity index (χ1) is 17.1. The number of aryl methyl sites for hydroxylation is 1. The molecular formula is C23H23F4N5O3S. The Morgan fingerprint density at radius 2 is 1.75 bits per heavy atom. The monoisotopic (exact) mass is 525 g/mol. The summed E-state index contributed by atoms with van der Waals surface area (Å²) >= 11 is 0. The molecule has 2 aromatic carbocycles. The zero-order valence-electron chi connectivity index (χ0n) is 19.2. The number of hydrogen-bond acceptors (Lipinski definition) is 5. The number of sulfonamides is 1. The number of aromatic nitrogens is 3. The molecule has 4 rings (SSSR count). The molecule has 1 aromatic heterocycles. The molecule has 1 atom stereocenters. The van der Waals surface area contributed by atoms with Crippen LogP contribution in [0.1, 0.15) is 29.2 Å². The van der Waals surface area contributed by atoms with Gasteiger partial charge in [-0.25, -0.2) is 30.7 Å². The summed E-state index contributed by atoms with van der Waals surface area (Å²) in [6.07, 6.45) is -0.802. The number of carbonyl (C=O) groups excluding carboxylic acids is 1. The van der Waals surface area contributed by atoms with Crippen molar-refractivity contribution in [3.63, 3.8) is 0 Å². The lowest BCUT2D eigenvalue weighted by atomic mass is 10.0. The highest BCUT2D eigenvalue weighted by atomic mass is 32.2. The van der Waals surface area contributed by atoms with Crippen molar-refractivity contribution in [2.45, 2.75) is 50.5 Å². The highest BCUT2D eigenvalue weighted by Crippen LogP contribution is 2.20. The highest BCUT2D eigenvalue weighted by Gasteiger charge is 2.29. The molecule has 0 saturated carbocycles. The fourth-order valence-electron chi connectivity index (χ4n) is 4.02. The van der Waals surface area contributed by atoms with Crippen molar-refractivity contribution in [2.75, 3.05) is 6.54 Å². The van der Waals surface area contributed by atoms with Crippen molar-refractivity contribution in [1.82, 2.24) is 24.4 Å². The number of alkyl halides is 1. The van der Waals surface area contributed by atoms with Gasteiger partial charge in [0.15, 0.2) is 23.3 Å². The molecule has 1 aliphatic heterocycles. The second-order valence-electron chi connectivity index (χ2n) is 8.53.